The lowest BCUT2D eigenvalue weighted by molar-refractivity contribution is 1.00. The van der Waals surface area contributed by atoms with E-state index in [-0.39, 0.29) is 0 Å². The van der Waals surface area contributed by atoms with Crippen LogP contribution in [0.1, 0.15) is 61.1 Å². The van der Waals surface area contributed by atoms with Crippen LogP contribution in [0, 0.1) is 41.5 Å². The predicted octanol–water partition coefficient (Wildman–Crippen LogP) is 7.37. The SMILES string of the molecule is CC(C)=C1N(c2c(C)cc(C)cc2C)C(C)=C(C)N1c1c(C)cc(C)cc1C. The topological polar surface area (TPSA) is 6.48 Å². The molecule has 3 rings (SSSR count). The van der Waals surface area contributed by atoms with E-state index in [1.54, 1.807) is 0 Å². The molecule has 0 unspecified atom stereocenters. The van der Waals surface area contributed by atoms with Gasteiger partial charge in [0.1, 0.15) is 5.82 Å². The Morgan fingerprint density at radius 1 is 0.536 bits per heavy atom. The standard InChI is InChI=1S/C26H34N2/c1-15(2)26-27(24-18(5)11-16(3)12-19(24)6)22(9)23(10)28(26)25-20(7)13-17(4)14-21(25)8/h11-14H,1-10H3. The Morgan fingerprint density at radius 2 is 0.821 bits per heavy atom. The number of benzene rings is 2. The lowest BCUT2D eigenvalue weighted by atomic mass is 10.0. The van der Waals surface area contributed by atoms with Crippen molar-refractivity contribution in [2.24, 2.45) is 0 Å². The van der Waals surface area contributed by atoms with E-state index in [1.807, 2.05) is 0 Å². The number of aryl methyl sites for hydroxylation is 6. The van der Waals surface area contributed by atoms with Crippen molar-refractivity contribution in [1.82, 2.24) is 0 Å². The molecule has 0 atom stereocenters. The van der Waals surface area contributed by atoms with Crippen molar-refractivity contribution >= 4 is 11.4 Å². The molecule has 2 aromatic rings. The average molecular weight is 375 g/mol. The third-order valence-corrected chi connectivity index (χ3v) is 5.78. The Labute approximate surface area is 171 Å². The van der Waals surface area contributed by atoms with Gasteiger partial charge < -0.3 is 0 Å². The van der Waals surface area contributed by atoms with Crippen LogP contribution in [0.2, 0.25) is 0 Å². The molecule has 2 heteroatoms. The molecule has 1 heterocycles. The highest BCUT2D eigenvalue weighted by molar-refractivity contribution is 5.79. The number of nitrogens with zero attached hydrogens (tertiary/aromatic N) is 2. The normalized spacial score (nSPS) is 14.4. The number of hydrogen-bond donors (Lipinski definition) is 0. The van der Waals surface area contributed by atoms with Gasteiger partial charge in [0.05, 0.1) is 11.4 Å². The number of rotatable bonds is 2. The van der Waals surface area contributed by atoms with Crippen LogP contribution in [0.3, 0.4) is 0 Å². The smallest absolute Gasteiger partial charge is 0.120 e. The van der Waals surface area contributed by atoms with Gasteiger partial charge in [0.15, 0.2) is 0 Å². The quantitative estimate of drug-likeness (QED) is 0.541. The minimum Gasteiger partial charge on any atom is -0.298 e. The minimum absolute atomic E-state index is 1.26. The lowest BCUT2D eigenvalue weighted by Gasteiger charge is -2.32. The van der Waals surface area contributed by atoms with E-state index in [0.717, 1.165) is 0 Å². The van der Waals surface area contributed by atoms with Crippen LogP contribution in [0.4, 0.5) is 11.4 Å². The fraction of sp³-hybridized carbons (Fsp3) is 0.385. The Bertz CT molecular complexity index is 895. The third kappa shape index (κ3) is 3.15. The van der Waals surface area contributed by atoms with Gasteiger partial charge in [-0.3, -0.25) is 9.80 Å². The molecule has 0 saturated carbocycles. The maximum atomic E-state index is 2.47. The van der Waals surface area contributed by atoms with Gasteiger partial charge in [0.2, 0.25) is 0 Å². The Hall–Kier alpha value is -2.48. The monoisotopic (exact) mass is 374 g/mol. The maximum Gasteiger partial charge on any atom is 0.120 e. The summed E-state index contributed by atoms with van der Waals surface area (Å²) in [4.78, 5) is 4.93. The van der Waals surface area contributed by atoms with Crippen molar-refractivity contribution in [1.29, 1.82) is 0 Å². The Morgan fingerprint density at radius 3 is 1.07 bits per heavy atom. The summed E-state index contributed by atoms with van der Waals surface area (Å²) in [5.74, 6) is 1.26. The average Bonchev–Trinajstić information content (AvgIpc) is 2.79. The van der Waals surface area contributed by atoms with E-state index in [0.29, 0.717) is 0 Å². The molecule has 0 fully saturated rings. The highest BCUT2D eigenvalue weighted by Gasteiger charge is 2.35. The molecule has 1 aliphatic heterocycles. The van der Waals surface area contributed by atoms with E-state index in [9.17, 15) is 0 Å². The van der Waals surface area contributed by atoms with Gasteiger partial charge in [0, 0.05) is 11.4 Å². The summed E-state index contributed by atoms with van der Waals surface area (Å²) < 4.78 is 0. The highest BCUT2D eigenvalue weighted by atomic mass is 15.4. The summed E-state index contributed by atoms with van der Waals surface area (Å²) in [5.41, 5.74) is 14.4. The van der Waals surface area contributed by atoms with Crippen LogP contribution >= 0.6 is 0 Å². The van der Waals surface area contributed by atoms with E-state index < -0.39 is 0 Å². The van der Waals surface area contributed by atoms with Gasteiger partial charge in [-0.1, -0.05) is 35.4 Å². The van der Waals surface area contributed by atoms with Crippen molar-refractivity contribution in [2.45, 2.75) is 69.2 Å². The number of allylic oxidation sites excluding steroid dienone is 3. The van der Waals surface area contributed by atoms with E-state index in [4.69, 9.17) is 0 Å². The second-order valence-corrected chi connectivity index (χ2v) is 8.66. The van der Waals surface area contributed by atoms with E-state index in [1.165, 1.54) is 67.5 Å². The molecule has 1 aliphatic rings. The molecule has 2 aromatic carbocycles. The van der Waals surface area contributed by atoms with Crippen LogP contribution in [-0.4, -0.2) is 0 Å². The van der Waals surface area contributed by atoms with Crippen molar-refractivity contribution < 1.29 is 0 Å². The summed E-state index contributed by atoms with van der Waals surface area (Å²) in [6.45, 7) is 22.2. The molecule has 0 saturated heterocycles. The molecular weight excluding hydrogens is 340 g/mol. The van der Waals surface area contributed by atoms with Crippen LogP contribution in [-0.2, 0) is 0 Å². The summed E-state index contributed by atoms with van der Waals surface area (Å²) >= 11 is 0. The first-order valence-corrected chi connectivity index (χ1v) is 10.2. The second kappa shape index (κ2) is 7.16. The third-order valence-electron chi connectivity index (χ3n) is 5.78. The first-order valence-electron chi connectivity index (χ1n) is 10.2. The zero-order valence-electron chi connectivity index (χ0n) is 19.2. The molecule has 0 N–H and O–H groups in total. The first-order chi connectivity index (χ1) is 13.0. The molecule has 0 amide bonds. The minimum atomic E-state index is 1.26. The highest BCUT2D eigenvalue weighted by Crippen LogP contribution is 2.45. The molecule has 2 nitrogen and oxygen atoms in total. The van der Waals surface area contributed by atoms with Crippen molar-refractivity contribution in [3.05, 3.63) is 80.4 Å². The summed E-state index contributed by atoms with van der Waals surface area (Å²) in [6, 6.07) is 9.16. The van der Waals surface area contributed by atoms with Crippen molar-refractivity contribution in [3.63, 3.8) is 0 Å². The van der Waals surface area contributed by atoms with Gasteiger partial charge in [0.25, 0.3) is 0 Å². The van der Waals surface area contributed by atoms with Gasteiger partial charge in [-0.2, -0.15) is 0 Å². The predicted molar refractivity (Wildman–Crippen MR) is 123 cm³/mol. The number of anilines is 2. The molecular formula is C26H34N2. The van der Waals surface area contributed by atoms with Crippen LogP contribution in [0.15, 0.2) is 47.1 Å². The molecule has 0 bridgehead atoms. The van der Waals surface area contributed by atoms with Crippen molar-refractivity contribution in [2.75, 3.05) is 9.80 Å². The Kier molecular flexibility index (Phi) is 5.18. The van der Waals surface area contributed by atoms with Gasteiger partial charge in [-0.15, -0.1) is 0 Å². The van der Waals surface area contributed by atoms with Gasteiger partial charge >= 0.3 is 0 Å². The summed E-state index contributed by atoms with van der Waals surface area (Å²) in [5, 5.41) is 0. The summed E-state index contributed by atoms with van der Waals surface area (Å²) in [7, 11) is 0. The molecule has 0 aliphatic carbocycles. The molecule has 0 aromatic heterocycles. The first kappa shape index (κ1) is 20.3. The van der Waals surface area contributed by atoms with E-state index in [2.05, 4.69) is 103 Å². The van der Waals surface area contributed by atoms with Gasteiger partial charge in [-0.25, -0.2) is 0 Å². The number of hydrogen-bond acceptors (Lipinski definition) is 2. The molecule has 0 spiro atoms. The lowest BCUT2D eigenvalue weighted by Crippen LogP contribution is -2.28. The van der Waals surface area contributed by atoms with Crippen LogP contribution < -0.4 is 9.80 Å². The van der Waals surface area contributed by atoms with Crippen LogP contribution in [0.25, 0.3) is 0 Å². The molecule has 28 heavy (non-hydrogen) atoms. The maximum absolute atomic E-state index is 2.47. The summed E-state index contributed by atoms with van der Waals surface area (Å²) in [6.07, 6.45) is 0. The fourth-order valence-electron chi connectivity index (χ4n) is 4.79. The largest absolute Gasteiger partial charge is 0.298 e. The van der Waals surface area contributed by atoms with Crippen LogP contribution in [0.5, 0.6) is 0 Å². The molecule has 148 valence electrons. The van der Waals surface area contributed by atoms with E-state index >= 15 is 0 Å². The van der Waals surface area contributed by atoms with Gasteiger partial charge in [-0.05, 0) is 97.1 Å². The zero-order chi connectivity index (χ0) is 20.9. The second-order valence-electron chi connectivity index (χ2n) is 8.66. The fourth-order valence-corrected chi connectivity index (χ4v) is 4.79. The van der Waals surface area contributed by atoms with Crippen molar-refractivity contribution in [3.8, 4) is 0 Å². The zero-order valence-corrected chi connectivity index (χ0v) is 19.2. The Balaban J connectivity index is 2.30. The molecule has 0 radical (unpaired) electrons.